The van der Waals surface area contributed by atoms with Crippen molar-refractivity contribution in [3.63, 3.8) is 0 Å². The van der Waals surface area contributed by atoms with E-state index in [4.69, 9.17) is 0 Å². The van der Waals surface area contributed by atoms with Crippen LogP contribution in [0, 0.1) is 6.92 Å². The molecule has 0 aliphatic carbocycles. The lowest BCUT2D eigenvalue weighted by Crippen LogP contribution is -2.27. The Balaban J connectivity index is 2.27. The van der Waals surface area contributed by atoms with Gasteiger partial charge in [0.2, 0.25) is 10.0 Å². The van der Waals surface area contributed by atoms with Gasteiger partial charge in [-0.05, 0) is 26.0 Å². The molecule has 0 saturated heterocycles. The van der Waals surface area contributed by atoms with Gasteiger partial charge < -0.3 is 5.32 Å². The van der Waals surface area contributed by atoms with Crippen LogP contribution in [0.4, 0.5) is 5.82 Å². The third-order valence-corrected chi connectivity index (χ3v) is 5.31. The Kier molecular flexibility index (Phi) is 4.36. The van der Waals surface area contributed by atoms with Gasteiger partial charge in [-0.15, -0.1) is 11.3 Å². The molecule has 0 amide bonds. The van der Waals surface area contributed by atoms with Crippen molar-refractivity contribution in [2.45, 2.75) is 24.8 Å². The van der Waals surface area contributed by atoms with E-state index in [2.05, 4.69) is 20.0 Å². The number of hydrogen-bond donors (Lipinski definition) is 2. The predicted octanol–water partition coefficient (Wildman–Crippen LogP) is 1.93. The van der Waals surface area contributed by atoms with Gasteiger partial charge in [0.15, 0.2) is 0 Å². The Morgan fingerprint density at radius 2 is 2.10 bits per heavy atom. The van der Waals surface area contributed by atoms with Crippen molar-refractivity contribution in [1.82, 2.24) is 14.7 Å². The summed E-state index contributed by atoms with van der Waals surface area (Å²) in [6.45, 7) is 3.70. The summed E-state index contributed by atoms with van der Waals surface area (Å²) in [7, 11) is -2.02. The summed E-state index contributed by atoms with van der Waals surface area (Å²) in [4.78, 5) is 9.37. The van der Waals surface area contributed by atoms with E-state index in [1.54, 1.807) is 32.4 Å². The summed E-state index contributed by atoms with van der Waals surface area (Å²) in [5.74, 6) is 0.322. The maximum atomic E-state index is 12.4. The van der Waals surface area contributed by atoms with Crippen LogP contribution < -0.4 is 10.0 Å². The Labute approximate surface area is 122 Å². The molecular formula is C12H16N4O2S2. The molecule has 0 aromatic carbocycles. The number of aryl methyl sites for hydroxylation is 1. The second-order valence-electron chi connectivity index (χ2n) is 4.25. The molecule has 8 heteroatoms. The van der Waals surface area contributed by atoms with E-state index in [0.29, 0.717) is 5.82 Å². The molecule has 108 valence electrons. The van der Waals surface area contributed by atoms with Crippen LogP contribution in [0.3, 0.4) is 0 Å². The minimum Gasteiger partial charge on any atom is -0.372 e. The Hall–Kier alpha value is -1.51. The van der Waals surface area contributed by atoms with Crippen LogP contribution in [0.5, 0.6) is 0 Å². The zero-order valence-electron chi connectivity index (χ0n) is 11.4. The van der Waals surface area contributed by atoms with Gasteiger partial charge in [-0.2, -0.15) is 0 Å². The largest absolute Gasteiger partial charge is 0.372 e. The van der Waals surface area contributed by atoms with Crippen LogP contribution in [-0.4, -0.2) is 25.4 Å². The second kappa shape index (κ2) is 5.86. The Bertz CT molecular complexity index is 697. The average molecular weight is 312 g/mol. The first kappa shape index (κ1) is 14.9. The van der Waals surface area contributed by atoms with Crippen LogP contribution in [-0.2, 0) is 10.0 Å². The minimum absolute atomic E-state index is 0.127. The van der Waals surface area contributed by atoms with Gasteiger partial charge in [0, 0.05) is 24.3 Å². The number of thiazole rings is 1. The SMILES string of the molecule is CNc1ncccc1S(=O)(=O)NC(C)c1ncc(C)s1. The summed E-state index contributed by atoms with van der Waals surface area (Å²) in [6.07, 6.45) is 3.27. The molecule has 20 heavy (non-hydrogen) atoms. The molecule has 2 heterocycles. The number of hydrogen-bond acceptors (Lipinski definition) is 6. The van der Waals surface area contributed by atoms with Crippen LogP contribution in [0.2, 0.25) is 0 Å². The summed E-state index contributed by atoms with van der Waals surface area (Å²) in [6, 6.07) is 2.72. The second-order valence-corrected chi connectivity index (χ2v) is 7.20. The molecule has 0 radical (unpaired) electrons. The lowest BCUT2D eigenvalue weighted by molar-refractivity contribution is 0.566. The topological polar surface area (TPSA) is 84.0 Å². The normalized spacial score (nSPS) is 13.2. The monoisotopic (exact) mass is 312 g/mol. The zero-order chi connectivity index (χ0) is 14.8. The molecule has 0 saturated carbocycles. The van der Waals surface area contributed by atoms with Gasteiger partial charge in [0.1, 0.15) is 15.7 Å². The standard InChI is InChI=1S/C12H16N4O2S2/c1-8-7-15-12(19-8)9(2)16-20(17,18)10-5-4-6-14-11(10)13-3/h4-7,9,16H,1-3H3,(H,13,14). The maximum absolute atomic E-state index is 12.4. The van der Waals surface area contributed by atoms with E-state index < -0.39 is 10.0 Å². The maximum Gasteiger partial charge on any atom is 0.244 e. The third kappa shape index (κ3) is 3.14. The number of anilines is 1. The molecule has 2 N–H and O–H groups in total. The van der Waals surface area contributed by atoms with E-state index in [1.807, 2.05) is 6.92 Å². The highest BCUT2D eigenvalue weighted by atomic mass is 32.2. The molecule has 1 unspecified atom stereocenters. The molecule has 2 aromatic rings. The van der Waals surface area contributed by atoms with Crippen LogP contribution in [0.15, 0.2) is 29.4 Å². The van der Waals surface area contributed by atoms with Gasteiger partial charge in [-0.25, -0.2) is 23.1 Å². The predicted molar refractivity (Wildman–Crippen MR) is 79.4 cm³/mol. The van der Waals surface area contributed by atoms with E-state index in [-0.39, 0.29) is 10.9 Å². The van der Waals surface area contributed by atoms with E-state index in [9.17, 15) is 8.42 Å². The summed E-state index contributed by atoms with van der Waals surface area (Å²) in [5, 5.41) is 3.51. The summed E-state index contributed by atoms with van der Waals surface area (Å²) >= 11 is 1.47. The van der Waals surface area contributed by atoms with Crippen molar-refractivity contribution in [3.8, 4) is 0 Å². The van der Waals surface area contributed by atoms with Crippen LogP contribution >= 0.6 is 11.3 Å². The molecule has 0 spiro atoms. The molecule has 1 atom stereocenters. The summed E-state index contributed by atoms with van der Waals surface area (Å²) < 4.78 is 27.4. The fourth-order valence-corrected chi connectivity index (χ4v) is 3.94. The first-order valence-corrected chi connectivity index (χ1v) is 8.31. The number of sulfonamides is 1. The average Bonchev–Trinajstić information content (AvgIpc) is 2.85. The van der Waals surface area contributed by atoms with Crippen molar-refractivity contribution in [2.75, 3.05) is 12.4 Å². The highest BCUT2D eigenvalue weighted by molar-refractivity contribution is 7.89. The number of pyridine rings is 1. The van der Waals surface area contributed by atoms with Gasteiger partial charge in [-0.1, -0.05) is 0 Å². The van der Waals surface area contributed by atoms with Crippen molar-refractivity contribution >= 4 is 27.2 Å². The fraction of sp³-hybridized carbons (Fsp3) is 0.333. The Morgan fingerprint density at radius 1 is 1.35 bits per heavy atom. The van der Waals surface area contributed by atoms with Gasteiger partial charge >= 0.3 is 0 Å². The quantitative estimate of drug-likeness (QED) is 0.881. The van der Waals surface area contributed by atoms with Crippen molar-refractivity contribution in [1.29, 1.82) is 0 Å². The van der Waals surface area contributed by atoms with Gasteiger partial charge in [0.05, 0.1) is 6.04 Å². The number of rotatable bonds is 5. The lowest BCUT2D eigenvalue weighted by Gasteiger charge is -2.13. The Morgan fingerprint density at radius 3 is 2.70 bits per heavy atom. The zero-order valence-corrected chi connectivity index (χ0v) is 13.0. The van der Waals surface area contributed by atoms with E-state index in [0.717, 1.165) is 9.88 Å². The highest BCUT2D eigenvalue weighted by Gasteiger charge is 2.23. The van der Waals surface area contributed by atoms with E-state index >= 15 is 0 Å². The van der Waals surface area contributed by atoms with Crippen LogP contribution in [0.1, 0.15) is 22.9 Å². The van der Waals surface area contributed by atoms with Crippen molar-refractivity contribution < 1.29 is 8.42 Å². The molecular weight excluding hydrogens is 296 g/mol. The molecule has 0 aliphatic rings. The molecule has 2 rings (SSSR count). The number of aromatic nitrogens is 2. The number of nitrogens with zero attached hydrogens (tertiary/aromatic N) is 2. The van der Waals surface area contributed by atoms with Crippen molar-refractivity contribution in [3.05, 3.63) is 34.4 Å². The minimum atomic E-state index is -3.65. The van der Waals surface area contributed by atoms with E-state index in [1.165, 1.54) is 17.4 Å². The molecule has 6 nitrogen and oxygen atoms in total. The first-order valence-electron chi connectivity index (χ1n) is 6.01. The molecule has 0 bridgehead atoms. The van der Waals surface area contributed by atoms with Gasteiger partial charge in [0.25, 0.3) is 0 Å². The number of nitrogens with one attached hydrogen (secondary N) is 2. The third-order valence-electron chi connectivity index (χ3n) is 2.64. The first-order chi connectivity index (χ1) is 9.44. The molecule has 2 aromatic heterocycles. The smallest absolute Gasteiger partial charge is 0.244 e. The lowest BCUT2D eigenvalue weighted by atomic mass is 10.4. The van der Waals surface area contributed by atoms with Gasteiger partial charge in [-0.3, -0.25) is 0 Å². The molecule has 0 fully saturated rings. The van der Waals surface area contributed by atoms with Crippen LogP contribution in [0.25, 0.3) is 0 Å². The highest BCUT2D eigenvalue weighted by Crippen LogP contribution is 2.23. The summed E-state index contributed by atoms with van der Waals surface area (Å²) in [5.41, 5.74) is 0. The van der Waals surface area contributed by atoms with Crippen molar-refractivity contribution in [2.24, 2.45) is 0 Å². The fourth-order valence-electron chi connectivity index (χ4n) is 1.71. The molecule has 0 aliphatic heterocycles.